The van der Waals surface area contributed by atoms with Gasteiger partial charge in [-0.05, 0) is 38.7 Å². The van der Waals surface area contributed by atoms with Gasteiger partial charge in [0.15, 0.2) is 0 Å². The SMILES string of the molecule is COc1ccccc1[C@@H](C)NC(C)C1CCCC1. The van der Waals surface area contributed by atoms with E-state index >= 15 is 0 Å². The van der Waals surface area contributed by atoms with Gasteiger partial charge in [0.25, 0.3) is 0 Å². The van der Waals surface area contributed by atoms with Gasteiger partial charge in [0.1, 0.15) is 5.75 Å². The van der Waals surface area contributed by atoms with Crippen LogP contribution >= 0.6 is 0 Å². The molecule has 100 valence electrons. The third-order valence-electron chi connectivity index (χ3n) is 4.23. The number of ether oxygens (including phenoxy) is 1. The van der Waals surface area contributed by atoms with Crippen molar-refractivity contribution in [3.63, 3.8) is 0 Å². The second-order valence-corrected chi connectivity index (χ2v) is 5.46. The van der Waals surface area contributed by atoms with Gasteiger partial charge in [-0.15, -0.1) is 0 Å². The summed E-state index contributed by atoms with van der Waals surface area (Å²) < 4.78 is 5.43. The maximum Gasteiger partial charge on any atom is 0.123 e. The topological polar surface area (TPSA) is 21.3 Å². The molecule has 0 bridgehead atoms. The predicted octanol–water partition coefficient (Wildman–Crippen LogP) is 3.92. The van der Waals surface area contributed by atoms with E-state index in [1.807, 2.05) is 12.1 Å². The molecule has 1 aliphatic rings. The van der Waals surface area contributed by atoms with Crippen LogP contribution in [0.3, 0.4) is 0 Å². The Morgan fingerprint density at radius 2 is 1.83 bits per heavy atom. The second-order valence-electron chi connectivity index (χ2n) is 5.46. The van der Waals surface area contributed by atoms with Crippen LogP contribution in [0.1, 0.15) is 51.1 Å². The fourth-order valence-corrected chi connectivity index (χ4v) is 3.10. The molecule has 2 rings (SSSR count). The van der Waals surface area contributed by atoms with Gasteiger partial charge in [0.05, 0.1) is 7.11 Å². The third kappa shape index (κ3) is 3.05. The van der Waals surface area contributed by atoms with Crippen molar-refractivity contribution in [3.05, 3.63) is 29.8 Å². The first-order chi connectivity index (χ1) is 8.72. The number of hydrogen-bond acceptors (Lipinski definition) is 2. The molecule has 0 amide bonds. The second kappa shape index (κ2) is 6.24. The Bertz CT molecular complexity index is 371. The first kappa shape index (κ1) is 13.4. The molecular weight excluding hydrogens is 222 g/mol. The van der Waals surface area contributed by atoms with Gasteiger partial charge in [-0.2, -0.15) is 0 Å². The predicted molar refractivity (Wildman–Crippen MR) is 76.0 cm³/mol. The molecule has 1 N–H and O–H groups in total. The summed E-state index contributed by atoms with van der Waals surface area (Å²) in [6.07, 6.45) is 5.57. The maximum atomic E-state index is 5.43. The van der Waals surface area contributed by atoms with Crippen molar-refractivity contribution in [3.8, 4) is 5.75 Å². The molecule has 1 fully saturated rings. The van der Waals surface area contributed by atoms with E-state index < -0.39 is 0 Å². The number of para-hydroxylation sites is 1. The minimum absolute atomic E-state index is 0.344. The van der Waals surface area contributed by atoms with Crippen molar-refractivity contribution in [1.29, 1.82) is 0 Å². The van der Waals surface area contributed by atoms with Gasteiger partial charge in [-0.1, -0.05) is 31.0 Å². The molecule has 0 heterocycles. The highest BCUT2D eigenvalue weighted by Crippen LogP contribution is 2.30. The van der Waals surface area contributed by atoms with Gasteiger partial charge >= 0.3 is 0 Å². The van der Waals surface area contributed by atoms with E-state index in [-0.39, 0.29) is 0 Å². The Kier molecular flexibility index (Phi) is 4.65. The summed E-state index contributed by atoms with van der Waals surface area (Å²) in [7, 11) is 1.74. The molecule has 0 aliphatic heterocycles. The smallest absolute Gasteiger partial charge is 0.123 e. The molecule has 1 unspecified atom stereocenters. The Balaban J connectivity index is 1.99. The lowest BCUT2D eigenvalue weighted by Gasteiger charge is -2.26. The van der Waals surface area contributed by atoms with Crippen molar-refractivity contribution in [1.82, 2.24) is 5.32 Å². The first-order valence-electron chi connectivity index (χ1n) is 7.11. The molecule has 0 saturated heterocycles. The summed E-state index contributed by atoms with van der Waals surface area (Å²) in [5.41, 5.74) is 1.25. The zero-order chi connectivity index (χ0) is 13.0. The maximum absolute atomic E-state index is 5.43. The van der Waals surface area contributed by atoms with Crippen molar-refractivity contribution < 1.29 is 4.74 Å². The van der Waals surface area contributed by atoms with E-state index in [4.69, 9.17) is 4.74 Å². The summed E-state index contributed by atoms with van der Waals surface area (Å²) in [5, 5.41) is 3.73. The average molecular weight is 247 g/mol. The Hall–Kier alpha value is -1.02. The van der Waals surface area contributed by atoms with Crippen molar-refractivity contribution >= 4 is 0 Å². The van der Waals surface area contributed by atoms with Crippen LogP contribution in [0.5, 0.6) is 5.75 Å². The van der Waals surface area contributed by atoms with Crippen LogP contribution < -0.4 is 10.1 Å². The molecule has 0 aromatic heterocycles. The summed E-state index contributed by atoms with van der Waals surface area (Å²) >= 11 is 0. The standard InChI is InChI=1S/C16H25NO/c1-12(14-8-4-5-9-14)17-13(2)15-10-6-7-11-16(15)18-3/h6-7,10-14,17H,4-5,8-9H2,1-3H3/t12?,13-/m1/s1. The summed E-state index contributed by atoms with van der Waals surface area (Å²) in [6.45, 7) is 4.55. The van der Waals surface area contributed by atoms with Gasteiger partial charge in [-0.3, -0.25) is 0 Å². The molecule has 1 aromatic rings. The Labute approximate surface area is 111 Å². The first-order valence-corrected chi connectivity index (χ1v) is 7.11. The van der Waals surface area contributed by atoms with E-state index in [1.165, 1.54) is 31.2 Å². The average Bonchev–Trinajstić information content (AvgIpc) is 2.92. The van der Waals surface area contributed by atoms with Gasteiger partial charge in [0.2, 0.25) is 0 Å². The molecule has 2 heteroatoms. The van der Waals surface area contributed by atoms with E-state index in [0.29, 0.717) is 12.1 Å². The summed E-state index contributed by atoms with van der Waals surface area (Å²) in [4.78, 5) is 0. The number of nitrogens with one attached hydrogen (secondary N) is 1. The van der Waals surface area contributed by atoms with Crippen LogP contribution in [0, 0.1) is 5.92 Å². The van der Waals surface area contributed by atoms with Crippen LogP contribution in [0.15, 0.2) is 24.3 Å². The lowest BCUT2D eigenvalue weighted by Crippen LogP contribution is -2.34. The largest absolute Gasteiger partial charge is 0.496 e. The lowest BCUT2D eigenvalue weighted by molar-refractivity contribution is 0.344. The van der Waals surface area contributed by atoms with Gasteiger partial charge < -0.3 is 10.1 Å². The van der Waals surface area contributed by atoms with Crippen LogP contribution in [-0.2, 0) is 0 Å². The normalized spacial score (nSPS) is 19.7. The molecule has 2 nitrogen and oxygen atoms in total. The molecule has 1 aliphatic carbocycles. The molecule has 1 aromatic carbocycles. The summed E-state index contributed by atoms with van der Waals surface area (Å²) in [6, 6.07) is 9.22. The highest BCUT2D eigenvalue weighted by molar-refractivity contribution is 5.35. The molecule has 1 saturated carbocycles. The van der Waals surface area contributed by atoms with E-state index in [0.717, 1.165) is 11.7 Å². The lowest BCUT2D eigenvalue weighted by atomic mass is 9.97. The van der Waals surface area contributed by atoms with E-state index in [2.05, 4.69) is 31.3 Å². The van der Waals surface area contributed by atoms with Gasteiger partial charge in [0, 0.05) is 17.6 Å². The molecular formula is C16H25NO. The number of methoxy groups -OCH3 is 1. The van der Waals surface area contributed by atoms with Crippen molar-refractivity contribution in [2.75, 3.05) is 7.11 Å². The third-order valence-corrected chi connectivity index (χ3v) is 4.23. The molecule has 0 spiro atoms. The number of hydrogen-bond donors (Lipinski definition) is 1. The minimum atomic E-state index is 0.344. The zero-order valence-electron chi connectivity index (χ0n) is 11.8. The van der Waals surface area contributed by atoms with Crippen LogP contribution in [0.25, 0.3) is 0 Å². The molecule has 0 radical (unpaired) electrons. The Morgan fingerprint density at radius 3 is 2.50 bits per heavy atom. The zero-order valence-corrected chi connectivity index (χ0v) is 11.8. The highest BCUT2D eigenvalue weighted by Gasteiger charge is 2.23. The molecule has 2 atom stereocenters. The van der Waals surface area contributed by atoms with Crippen LogP contribution in [0.2, 0.25) is 0 Å². The number of rotatable bonds is 5. The minimum Gasteiger partial charge on any atom is -0.496 e. The fraction of sp³-hybridized carbons (Fsp3) is 0.625. The van der Waals surface area contributed by atoms with Gasteiger partial charge in [-0.25, -0.2) is 0 Å². The number of benzene rings is 1. The molecule has 18 heavy (non-hydrogen) atoms. The highest BCUT2D eigenvalue weighted by atomic mass is 16.5. The van der Waals surface area contributed by atoms with Crippen LogP contribution in [0.4, 0.5) is 0 Å². The van der Waals surface area contributed by atoms with Crippen molar-refractivity contribution in [2.24, 2.45) is 5.92 Å². The summed E-state index contributed by atoms with van der Waals surface area (Å²) in [5.74, 6) is 1.83. The van der Waals surface area contributed by atoms with E-state index in [9.17, 15) is 0 Å². The monoisotopic (exact) mass is 247 g/mol. The Morgan fingerprint density at radius 1 is 1.17 bits per heavy atom. The fourth-order valence-electron chi connectivity index (χ4n) is 3.10. The van der Waals surface area contributed by atoms with Crippen molar-refractivity contribution in [2.45, 2.75) is 51.6 Å². The van der Waals surface area contributed by atoms with Crippen LogP contribution in [-0.4, -0.2) is 13.2 Å². The van der Waals surface area contributed by atoms with E-state index in [1.54, 1.807) is 7.11 Å². The quantitative estimate of drug-likeness (QED) is 0.851.